The number of rotatable bonds is 8. The lowest BCUT2D eigenvalue weighted by molar-refractivity contribution is -0.122. The summed E-state index contributed by atoms with van der Waals surface area (Å²) in [6.45, 7) is 10.8. The van der Waals surface area contributed by atoms with E-state index in [1.54, 1.807) is 9.13 Å². The van der Waals surface area contributed by atoms with E-state index in [4.69, 9.17) is 4.74 Å². The molecule has 7 nitrogen and oxygen atoms in total. The third-order valence-electron chi connectivity index (χ3n) is 5.88. The smallest absolute Gasteiger partial charge is 0.329 e. The number of aromatic nitrogens is 2. The zero-order valence-corrected chi connectivity index (χ0v) is 17.2. The molecule has 7 heteroatoms. The van der Waals surface area contributed by atoms with Gasteiger partial charge < -0.3 is 10.1 Å². The number of ether oxygens (including phenoxy) is 1. The number of nitrogens with one attached hydrogen (secondary N) is 1. The maximum absolute atomic E-state index is 12.8. The molecule has 1 aromatic carbocycles. The molecule has 1 unspecified atom stereocenters. The number of hydrogen-bond donors (Lipinski definition) is 1. The summed E-state index contributed by atoms with van der Waals surface area (Å²) in [6.07, 6.45) is 1.80. The van der Waals surface area contributed by atoms with Crippen LogP contribution in [-0.2, 0) is 22.6 Å². The number of nitrogens with zero attached hydrogens (tertiary/aromatic N) is 3. The van der Waals surface area contributed by atoms with E-state index < -0.39 is 0 Å². The van der Waals surface area contributed by atoms with Crippen LogP contribution in [0.15, 0.2) is 29.1 Å². The molecule has 1 atom stereocenters. The molecule has 0 aliphatic carbocycles. The van der Waals surface area contributed by atoms with Crippen LogP contribution in [0, 0.1) is 0 Å². The van der Waals surface area contributed by atoms with E-state index in [0.29, 0.717) is 13.1 Å². The second-order valence-electron chi connectivity index (χ2n) is 7.74. The molecule has 1 fully saturated rings. The number of carbonyl (C=O) groups is 1. The second kappa shape index (κ2) is 8.92. The van der Waals surface area contributed by atoms with Gasteiger partial charge in [-0.15, -0.1) is 0 Å². The minimum absolute atomic E-state index is 0.0406. The molecule has 1 aromatic heterocycles. The molecule has 1 N–H and O–H groups in total. The second-order valence-corrected chi connectivity index (χ2v) is 7.74. The highest BCUT2D eigenvalue weighted by Crippen LogP contribution is 2.20. The summed E-state index contributed by atoms with van der Waals surface area (Å²) in [5.74, 6) is -0.130. The Labute approximate surface area is 166 Å². The van der Waals surface area contributed by atoms with Crippen LogP contribution in [0.4, 0.5) is 0 Å². The Hall–Kier alpha value is -2.12. The lowest BCUT2D eigenvalue weighted by Crippen LogP contribution is -2.57. The van der Waals surface area contributed by atoms with Gasteiger partial charge in [0, 0.05) is 31.7 Å². The molecule has 28 heavy (non-hydrogen) atoms. The van der Waals surface area contributed by atoms with Crippen LogP contribution in [-0.4, -0.2) is 58.3 Å². The summed E-state index contributed by atoms with van der Waals surface area (Å²) in [5, 5.41) is 3.06. The highest BCUT2D eigenvalue weighted by atomic mass is 16.5. The Morgan fingerprint density at radius 3 is 2.39 bits per heavy atom. The van der Waals surface area contributed by atoms with Crippen molar-refractivity contribution in [3.05, 3.63) is 34.7 Å². The average molecular weight is 389 g/mol. The number of aryl methyl sites for hydroxylation is 1. The molecule has 1 amide bonds. The van der Waals surface area contributed by atoms with E-state index in [-0.39, 0.29) is 23.7 Å². The summed E-state index contributed by atoms with van der Waals surface area (Å²) < 4.78 is 8.79. The number of imidazole rings is 1. The Bertz CT molecular complexity index is 866. The summed E-state index contributed by atoms with van der Waals surface area (Å²) in [5.41, 5.74) is 1.46. The summed E-state index contributed by atoms with van der Waals surface area (Å²) in [6, 6.07) is 7.67. The van der Waals surface area contributed by atoms with E-state index in [9.17, 15) is 9.59 Å². The van der Waals surface area contributed by atoms with Crippen molar-refractivity contribution < 1.29 is 9.53 Å². The maximum atomic E-state index is 12.8. The number of amides is 1. The van der Waals surface area contributed by atoms with Crippen molar-refractivity contribution in [2.45, 2.75) is 52.2 Å². The van der Waals surface area contributed by atoms with Gasteiger partial charge in [-0.25, -0.2) is 4.79 Å². The van der Waals surface area contributed by atoms with Crippen molar-refractivity contribution in [3.8, 4) is 0 Å². The fraction of sp³-hybridized carbons (Fsp3) is 0.619. The lowest BCUT2D eigenvalue weighted by Gasteiger charge is -2.43. The molecule has 154 valence electrons. The summed E-state index contributed by atoms with van der Waals surface area (Å²) in [7, 11) is 0. The first-order chi connectivity index (χ1) is 13.5. The van der Waals surface area contributed by atoms with Gasteiger partial charge in [-0.05, 0) is 31.9 Å². The number of morpholine rings is 1. The van der Waals surface area contributed by atoms with Crippen molar-refractivity contribution in [2.75, 3.05) is 32.8 Å². The van der Waals surface area contributed by atoms with Crippen LogP contribution in [0.25, 0.3) is 11.0 Å². The molecule has 0 spiro atoms. The first-order valence-electron chi connectivity index (χ1n) is 10.3. The Kier molecular flexibility index (Phi) is 6.57. The van der Waals surface area contributed by atoms with Crippen molar-refractivity contribution in [1.82, 2.24) is 19.4 Å². The van der Waals surface area contributed by atoms with Gasteiger partial charge in [-0.1, -0.05) is 26.0 Å². The van der Waals surface area contributed by atoms with Crippen LogP contribution >= 0.6 is 0 Å². The lowest BCUT2D eigenvalue weighted by atomic mass is 9.95. The molecule has 0 saturated carbocycles. The zero-order valence-electron chi connectivity index (χ0n) is 17.2. The third-order valence-corrected chi connectivity index (χ3v) is 5.88. The monoisotopic (exact) mass is 388 g/mol. The predicted octanol–water partition coefficient (Wildman–Crippen LogP) is 1.83. The van der Waals surface area contributed by atoms with Gasteiger partial charge in [-0.2, -0.15) is 0 Å². The largest absolute Gasteiger partial charge is 0.379 e. The van der Waals surface area contributed by atoms with Crippen LogP contribution in [0.1, 0.15) is 33.6 Å². The minimum atomic E-state index is -0.130. The van der Waals surface area contributed by atoms with Crippen LogP contribution < -0.4 is 11.0 Å². The molecule has 2 aromatic rings. The van der Waals surface area contributed by atoms with Crippen molar-refractivity contribution in [1.29, 1.82) is 0 Å². The van der Waals surface area contributed by atoms with Gasteiger partial charge in [0.25, 0.3) is 0 Å². The molecular weight excluding hydrogens is 356 g/mol. The zero-order chi connectivity index (χ0) is 20.1. The SMILES string of the molecule is CCCn1c(=O)n(CC(=O)NCC(C)(CC)N2CCOCC2)c2ccccc21. The number of fused-ring (bicyclic) bond motifs is 1. The minimum Gasteiger partial charge on any atom is -0.379 e. The fourth-order valence-electron chi connectivity index (χ4n) is 3.92. The summed E-state index contributed by atoms with van der Waals surface area (Å²) in [4.78, 5) is 27.9. The van der Waals surface area contributed by atoms with Gasteiger partial charge >= 0.3 is 5.69 Å². The van der Waals surface area contributed by atoms with Crippen LogP contribution in [0.5, 0.6) is 0 Å². The summed E-state index contributed by atoms with van der Waals surface area (Å²) >= 11 is 0. The maximum Gasteiger partial charge on any atom is 0.329 e. The Balaban J connectivity index is 1.73. The molecule has 1 saturated heterocycles. The molecule has 0 radical (unpaired) electrons. The molecular formula is C21H32N4O3. The Morgan fingerprint density at radius 2 is 1.79 bits per heavy atom. The first-order valence-corrected chi connectivity index (χ1v) is 10.3. The number of hydrogen-bond acceptors (Lipinski definition) is 4. The quantitative estimate of drug-likeness (QED) is 0.749. The first kappa shape index (κ1) is 20.6. The molecule has 1 aliphatic heterocycles. The predicted molar refractivity (Wildman–Crippen MR) is 111 cm³/mol. The molecule has 1 aliphatic rings. The average Bonchev–Trinajstić information content (AvgIpc) is 2.99. The van der Waals surface area contributed by atoms with Crippen LogP contribution in [0.2, 0.25) is 0 Å². The van der Waals surface area contributed by atoms with E-state index in [2.05, 4.69) is 24.1 Å². The topological polar surface area (TPSA) is 68.5 Å². The van der Waals surface area contributed by atoms with Crippen molar-refractivity contribution in [2.24, 2.45) is 0 Å². The van der Waals surface area contributed by atoms with E-state index in [1.807, 2.05) is 31.2 Å². The third kappa shape index (κ3) is 4.15. The highest BCUT2D eigenvalue weighted by Gasteiger charge is 2.31. The van der Waals surface area contributed by atoms with Gasteiger partial charge in [0.15, 0.2) is 0 Å². The van der Waals surface area contributed by atoms with Gasteiger partial charge in [0.05, 0.1) is 24.2 Å². The van der Waals surface area contributed by atoms with Crippen molar-refractivity contribution >= 4 is 16.9 Å². The van der Waals surface area contributed by atoms with Gasteiger partial charge in [-0.3, -0.25) is 18.8 Å². The molecule has 2 heterocycles. The van der Waals surface area contributed by atoms with Gasteiger partial charge in [0.1, 0.15) is 6.54 Å². The van der Waals surface area contributed by atoms with E-state index >= 15 is 0 Å². The number of benzene rings is 1. The highest BCUT2D eigenvalue weighted by molar-refractivity contribution is 5.81. The van der Waals surface area contributed by atoms with Crippen LogP contribution in [0.3, 0.4) is 0 Å². The normalized spacial score (nSPS) is 17.5. The molecule has 0 bridgehead atoms. The standard InChI is InChI=1S/C21H32N4O3/c1-4-10-24-17-8-6-7-9-18(17)25(20(24)27)15-19(26)22-16-21(3,5-2)23-11-13-28-14-12-23/h6-9H,4-5,10-16H2,1-3H3,(H,22,26). The Morgan fingerprint density at radius 1 is 1.14 bits per heavy atom. The molecule has 3 rings (SSSR count). The van der Waals surface area contributed by atoms with Crippen molar-refractivity contribution in [3.63, 3.8) is 0 Å². The fourth-order valence-corrected chi connectivity index (χ4v) is 3.92. The van der Waals surface area contributed by atoms with E-state index in [1.165, 1.54) is 0 Å². The number of carbonyl (C=O) groups excluding carboxylic acids is 1. The van der Waals surface area contributed by atoms with Gasteiger partial charge in [0.2, 0.25) is 5.91 Å². The van der Waals surface area contributed by atoms with E-state index in [0.717, 1.165) is 50.2 Å². The number of para-hydroxylation sites is 2.